The van der Waals surface area contributed by atoms with E-state index in [4.69, 9.17) is 4.42 Å². The van der Waals surface area contributed by atoms with Crippen LogP contribution in [0.25, 0.3) is 0 Å². The molecule has 5 heteroatoms. The van der Waals surface area contributed by atoms with Crippen LogP contribution in [0.3, 0.4) is 0 Å². The highest BCUT2D eigenvalue weighted by molar-refractivity contribution is 5.71. The van der Waals surface area contributed by atoms with Crippen LogP contribution < -0.4 is 0 Å². The second-order valence-corrected chi connectivity index (χ2v) is 8.74. The first-order chi connectivity index (χ1) is 12.6. The van der Waals surface area contributed by atoms with Gasteiger partial charge in [-0.1, -0.05) is 32.1 Å². The minimum absolute atomic E-state index is 0.0758. The summed E-state index contributed by atoms with van der Waals surface area (Å²) in [4.78, 5) is 12.1. The fraction of sp³-hybridized carbons (Fsp3) is 0.591. The predicted octanol–water partition coefficient (Wildman–Crippen LogP) is 4.09. The van der Waals surface area contributed by atoms with Gasteiger partial charge in [-0.15, -0.1) is 0 Å². The Labute approximate surface area is 160 Å². The van der Waals surface area contributed by atoms with Crippen molar-refractivity contribution in [3.63, 3.8) is 0 Å². The maximum Gasteiger partial charge on any atom is 0.307 e. The van der Waals surface area contributed by atoms with Gasteiger partial charge in [-0.3, -0.25) is 4.79 Å². The Balaban J connectivity index is 2.06. The lowest BCUT2D eigenvalue weighted by Gasteiger charge is -2.60. The first-order valence-corrected chi connectivity index (χ1v) is 9.60. The van der Waals surface area contributed by atoms with Gasteiger partial charge in [0.15, 0.2) is 0 Å². The second-order valence-electron chi connectivity index (χ2n) is 8.74. The van der Waals surface area contributed by atoms with E-state index >= 15 is 0 Å². The molecule has 6 atom stereocenters. The first-order valence-electron chi connectivity index (χ1n) is 9.60. The maximum atomic E-state index is 12.1. The number of fused-ring (bicyclic) bond motifs is 1. The van der Waals surface area contributed by atoms with Gasteiger partial charge < -0.3 is 19.7 Å². The summed E-state index contributed by atoms with van der Waals surface area (Å²) < 4.78 is 5.09. The average Bonchev–Trinajstić information content (AvgIpc) is 3.12. The van der Waals surface area contributed by atoms with Crippen LogP contribution in [-0.4, -0.2) is 27.4 Å². The molecule has 0 spiro atoms. The number of aliphatic carboxylic acids is 1. The number of aliphatic hydroxyl groups is 2. The fourth-order valence-electron chi connectivity index (χ4n) is 5.81. The van der Waals surface area contributed by atoms with E-state index < -0.39 is 34.9 Å². The summed E-state index contributed by atoms with van der Waals surface area (Å²) in [5.41, 5.74) is 1.35. The average molecular weight is 374 g/mol. The largest absolute Gasteiger partial charge is 0.481 e. The molecular weight excluding hydrogens is 344 g/mol. The predicted molar refractivity (Wildman–Crippen MR) is 102 cm³/mol. The van der Waals surface area contributed by atoms with Crippen molar-refractivity contribution in [1.29, 1.82) is 0 Å². The number of carboxylic acid groups (broad SMARTS) is 1. The zero-order valence-corrected chi connectivity index (χ0v) is 16.3. The second kappa shape index (κ2) is 6.95. The molecule has 1 aromatic rings. The van der Waals surface area contributed by atoms with Gasteiger partial charge in [-0.25, -0.2) is 0 Å². The topological polar surface area (TPSA) is 90.9 Å². The third kappa shape index (κ3) is 3.07. The zero-order valence-electron chi connectivity index (χ0n) is 16.3. The summed E-state index contributed by atoms with van der Waals surface area (Å²) in [6.07, 6.45) is 5.65. The van der Waals surface area contributed by atoms with E-state index in [1.54, 1.807) is 6.07 Å². The molecule has 3 N–H and O–H groups in total. The molecule has 3 rings (SSSR count). The number of rotatable bonds is 5. The van der Waals surface area contributed by atoms with Crippen LogP contribution in [0.2, 0.25) is 0 Å². The van der Waals surface area contributed by atoms with Crippen molar-refractivity contribution < 1.29 is 24.5 Å². The minimum atomic E-state index is -0.913. The number of carboxylic acids is 1. The van der Waals surface area contributed by atoms with Crippen LogP contribution in [0.1, 0.15) is 58.1 Å². The van der Waals surface area contributed by atoms with E-state index in [0.29, 0.717) is 12.0 Å². The van der Waals surface area contributed by atoms with Gasteiger partial charge in [0.2, 0.25) is 0 Å². The molecule has 5 nitrogen and oxygen atoms in total. The van der Waals surface area contributed by atoms with Gasteiger partial charge >= 0.3 is 5.97 Å². The van der Waals surface area contributed by atoms with E-state index in [2.05, 4.69) is 12.7 Å². The maximum absolute atomic E-state index is 12.1. The summed E-state index contributed by atoms with van der Waals surface area (Å²) in [6.45, 7) is 10.0. The van der Waals surface area contributed by atoms with Gasteiger partial charge in [0, 0.05) is 11.0 Å². The van der Waals surface area contributed by atoms with E-state index in [1.807, 2.05) is 20.8 Å². The monoisotopic (exact) mass is 374 g/mol. The highest BCUT2D eigenvalue weighted by Crippen LogP contribution is 2.63. The normalized spacial score (nSPS) is 37.2. The molecule has 148 valence electrons. The van der Waals surface area contributed by atoms with E-state index in [-0.39, 0.29) is 12.3 Å². The summed E-state index contributed by atoms with van der Waals surface area (Å²) in [5, 5.41) is 31.8. The third-order valence-electron chi connectivity index (χ3n) is 7.17. The Hall–Kier alpha value is -1.85. The molecule has 1 heterocycles. The summed E-state index contributed by atoms with van der Waals surface area (Å²) >= 11 is 0. The SMILES string of the molecule is C=C(C)C1=CCCC2C(C)(CC(O)c3ccoc3)C(C(=O)O)CC(O)C12C. The molecular formula is C22H30O5. The Morgan fingerprint density at radius 2 is 2.15 bits per heavy atom. The summed E-state index contributed by atoms with van der Waals surface area (Å²) in [7, 11) is 0. The Bertz CT molecular complexity index is 749. The highest BCUT2D eigenvalue weighted by atomic mass is 16.4. The molecule has 6 unspecified atom stereocenters. The fourth-order valence-corrected chi connectivity index (χ4v) is 5.81. The number of hydrogen-bond donors (Lipinski definition) is 3. The van der Waals surface area contributed by atoms with Gasteiger partial charge in [0.05, 0.1) is 30.7 Å². The minimum Gasteiger partial charge on any atom is -0.481 e. The van der Waals surface area contributed by atoms with Crippen LogP contribution >= 0.6 is 0 Å². The van der Waals surface area contributed by atoms with E-state index in [1.165, 1.54) is 12.5 Å². The number of hydrogen-bond acceptors (Lipinski definition) is 4. The van der Waals surface area contributed by atoms with Crippen molar-refractivity contribution in [2.45, 2.75) is 58.7 Å². The highest BCUT2D eigenvalue weighted by Gasteiger charge is 2.61. The van der Waals surface area contributed by atoms with Gasteiger partial charge in [0.1, 0.15) is 0 Å². The molecule has 0 aliphatic heterocycles. The lowest BCUT2D eigenvalue weighted by atomic mass is 9.45. The molecule has 0 aromatic carbocycles. The van der Waals surface area contributed by atoms with E-state index in [0.717, 1.165) is 24.0 Å². The molecule has 1 aromatic heterocycles. The Kier molecular flexibility index (Phi) is 5.12. The van der Waals surface area contributed by atoms with Crippen LogP contribution in [0.5, 0.6) is 0 Å². The lowest BCUT2D eigenvalue weighted by molar-refractivity contribution is -0.174. The first kappa shape index (κ1) is 19.9. The quantitative estimate of drug-likeness (QED) is 0.722. The third-order valence-corrected chi connectivity index (χ3v) is 7.17. The van der Waals surface area contributed by atoms with Crippen molar-refractivity contribution >= 4 is 5.97 Å². The van der Waals surface area contributed by atoms with Gasteiger partial charge in [0.25, 0.3) is 0 Å². The lowest BCUT2D eigenvalue weighted by Crippen LogP contribution is -2.59. The molecule has 1 fully saturated rings. The molecule has 0 bridgehead atoms. The van der Waals surface area contributed by atoms with E-state index in [9.17, 15) is 20.1 Å². The van der Waals surface area contributed by atoms with Crippen LogP contribution in [0, 0.1) is 22.7 Å². The van der Waals surface area contributed by atoms with Gasteiger partial charge in [-0.05, 0) is 55.6 Å². The van der Waals surface area contributed by atoms with Crippen LogP contribution in [0.15, 0.2) is 46.8 Å². The Morgan fingerprint density at radius 3 is 2.70 bits per heavy atom. The van der Waals surface area contributed by atoms with Crippen LogP contribution in [0.4, 0.5) is 0 Å². The molecule has 0 saturated heterocycles. The summed E-state index contributed by atoms with van der Waals surface area (Å²) in [6, 6.07) is 1.71. The smallest absolute Gasteiger partial charge is 0.307 e. The van der Waals surface area contributed by atoms with Gasteiger partial charge in [-0.2, -0.15) is 0 Å². The molecule has 2 aliphatic carbocycles. The van der Waals surface area contributed by atoms with Crippen molar-refractivity contribution in [3.8, 4) is 0 Å². The van der Waals surface area contributed by atoms with Crippen LogP contribution in [-0.2, 0) is 4.79 Å². The number of allylic oxidation sites excluding steroid dienone is 2. The summed E-state index contributed by atoms with van der Waals surface area (Å²) in [5.74, 6) is -1.71. The standard InChI is InChI=1S/C22H30O5/c1-13(2)15-6-5-7-18-21(3,11-17(23)14-8-9-27-12-14)16(20(25)26)10-19(24)22(15,18)4/h6,8-9,12,16-19,23-24H,1,5,7,10-11H2,2-4H3,(H,25,26). The number of furan rings is 1. The molecule has 27 heavy (non-hydrogen) atoms. The Morgan fingerprint density at radius 1 is 1.44 bits per heavy atom. The van der Waals surface area contributed by atoms with Crippen molar-refractivity contribution in [3.05, 3.63) is 48.0 Å². The molecule has 0 amide bonds. The van der Waals surface area contributed by atoms with Crippen molar-refractivity contribution in [1.82, 2.24) is 0 Å². The number of carbonyl (C=O) groups is 1. The molecule has 2 aliphatic rings. The van der Waals surface area contributed by atoms with Crippen molar-refractivity contribution in [2.75, 3.05) is 0 Å². The molecule has 0 radical (unpaired) electrons. The zero-order chi connectivity index (χ0) is 20.0. The molecule has 1 saturated carbocycles. The number of aliphatic hydroxyl groups excluding tert-OH is 2. The van der Waals surface area contributed by atoms with Crippen molar-refractivity contribution in [2.24, 2.45) is 22.7 Å².